The van der Waals surface area contributed by atoms with Crippen LogP contribution in [0.1, 0.15) is 17.1 Å². The van der Waals surface area contributed by atoms with E-state index in [1.54, 1.807) is 13.4 Å². The predicted octanol–water partition coefficient (Wildman–Crippen LogP) is 4.99. The van der Waals surface area contributed by atoms with Crippen LogP contribution in [-0.2, 0) is 6.42 Å². The smallest absolute Gasteiger partial charge is 0.319 e. The summed E-state index contributed by atoms with van der Waals surface area (Å²) < 4.78 is 16.4. The number of aryl methyl sites for hydroxylation is 2. The van der Waals surface area contributed by atoms with Gasteiger partial charge in [0.2, 0.25) is 11.8 Å². The summed E-state index contributed by atoms with van der Waals surface area (Å²) in [5.74, 6) is 2.61. The molecule has 2 N–H and O–H groups in total. The van der Waals surface area contributed by atoms with Crippen molar-refractivity contribution in [2.24, 2.45) is 0 Å². The van der Waals surface area contributed by atoms with Crippen molar-refractivity contribution >= 4 is 11.7 Å². The number of anilines is 1. The van der Waals surface area contributed by atoms with Crippen LogP contribution in [0.5, 0.6) is 5.75 Å². The topological polar surface area (TPSA) is 102 Å². The largest absolute Gasteiger partial charge is 0.497 e. The molecule has 0 fully saturated rings. The lowest BCUT2D eigenvalue weighted by molar-refractivity contribution is 0.252. The summed E-state index contributed by atoms with van der Waals surface area (Å²) in [7, 11) is 1.62. The van der Waals surface area contributed by atoms with E-state index in [2.05, 4.69) is 20.6 Å². The van der Waals surface area contributed by atoms with E-state index in [1.165, 1.54) is 0 Å². The summed E-state index contributed by atoms with van der Waals surface area (Å²) in [4.78, 5) is 21.2. The minimum atomic E-state index is -0.305. The van der Waals surface area contributed by atoms with Crippen molar-refractivity contribution in [3.8, 4) is 28.7 Å². The van der Waals surface area contributed by atoms with Crippen LogP contribution in [0.3, 0.4) is 0 Å². The molecular formula is C24H24N4O4. The van der Waals surface area contributed by atoms with E-state index in [1.807, 2.05) is 62.4 Å². The molecule has 2 heterocycles. The maximum absolute atomic E-state index is 12.3. The van der Waals surface area contributed by atoms with Crippen molar-refractivity contribution in [1.29, 1.82) is 0 Å². The Labute approximate surface area is 185 Å². The van der Waals surface area contributed by atoms with Gasteiger partial charge in [-0.15, -0.1) is 0 Å². The number of amides is 2. The Morgan fingerprint density at radius 3 is 2.56 bits per heavy atom. The zero-order valence-corrected chi connectivity index (χ0v) is 18.1. The second-order valence-corrected chi connectivity index (χ2v) is 7.24. The second-order valence-electron chi connectivity index (χ2n) is 7.24. The number of hydrogen-bond donors (Lipinski definition) is 2. The van der Waals surface area contributed by atoms with Gasteiger partial charge in [-0.05, 0) is 56.3 Å². The van der Waals surface area contributed by atoms with Gasteiger partial charge in [-0.25, -0.2) is 14.8 Å². The van der Waals surface area contributed by atoms with Crippen LogP contribution < -0.4 is 15.4 Å². The first-order valence-electron chi connectivity index (χ1n) is 10.2. The number of nitrogens with zero attached hydrogens (tertiary/aromatic N) is 2. The molecule has 2 amide bonds. The van der Waals surface area contributed by atoms with Gasteiger partial charge in [-0.1, -0.05) is 6.07 Å². The van der Waals surface area contributed by atoms with Crippen LogP contribution in [0.15, 0.2) is 63.6 Å². The van der Waals surface area contributed by atoms with Gasteiger partial charge >= 0.3 is 6.03 Å². The molecule has 0 atom stereocenters. The highest BCUT2D eigenvalue weighted by atomic mass is 16.5. The van der Waals surface area contributed by atoms with Gasteiger partial charge in [0.15, 0.2) is 0 Å². The third kappa shape index (κ3) is 4.97. The number of methoxy groups -OCH3 is 1. The molecule has 8 heteroatoms. The molecule has 2 aromatic carbocycles. The molecule has 0 aliphatic rings. The summed E-state index contributed by atoms with van der Waals surface area (Å²) in [5, 5.41) is 5.66. The zero-order valence-electron chi connectivity index (χ0n) is 18.1. The Morgan fingerprint density at radius 2 is 1.84 bits per heavy atom. The summed E-state index contributed by atoms with van der Waals surface area (Å²) >= 11 is 0. The van der Waals surface area contributed by atoms with Crippen molar-refractivity contribution in [2.45, 2.75) is 20.3 Å². The normalized spacial score (nSPS) is 10.7. The van der Waals surface area contributed by atoms with Gasteiger partial charge in [0, 0.05) is 29.8 Å². The maximum atomic E-state index is 12.3. The number of hydrogen-bond acceptors (Lipinski definition) is 6. The molecule has 4 rings (SSSR count). The van der Waals surface area contributed by atoms with E-state index in [9.17, 15) is 4.79 Å². The standard InChI is InChI=1S/C24H24N4O4/c1-15-16(2)32-23(26-15)18-5-4-6-19(13-18)28-24(29)25-12-11-20-14-31-22(27-20)17-7-9-21(30-3)10-8-17/h4-10,13-14H,11-12H2,1-3H3,(H2,25,28,29). The number of ether oxygens (including phenoxy) is 1. The first kappa shape index (κ1) is 21.2. The average Bonchev–Trinajstić information content (AvgIpc) is 3.40. The van der Waals surface area contributed by atoms with Gasteiger partial charge in [0.25, 0.3) is 0 Å². The molecule has 0 spiro atoms. The van der Waals surface area contributed by atoms with Crippen LogP contribution in [0.2, 0.25) is 0 Å². The third-order valence-corrected chi connectivity index (χ3v) is 4.95. The number of oxazole rings is 2. The molecule has 8 nitrogen and oxygen atoms in total. The monoisotopic (exact) mass is 432 g/mol. The average molecular weight is 432 g/mol. The van der Waals surface area contributed by atoms with Crippen LogP contribution in [0.25, 0.3) is 22.9 Å². The molecule has 2 aromatic heterocycles. The molecule has 164 valence electrons. The molecule has 0 aliphatic heterocycles. The second kappa shape index (κ2) is 9.38. The highest BCUT2D eigenvalue weighted by Gasteiger charge is 2.11. The van der Waals surface area contributed by atoms with Gasteiger partial charge < -0.3 is 24.2 Å². The zero-order chi connectivity index (χ0) is 22.5. The van der Waals surface area contributed by atoms with Gasteiger partial charge in [0.1, 0.15) is 17.8 Å². The number of rotatable bonds is 7. The van der Waals surface area contributed by atoms with Crippen molar-refractivity contribution in [2.75, 3.05) is 19.0 Å². The third-order valence-electron chi connectivity index (χ3n) is 4.95. The molecular weight excluding hydrogens is 408 g/mol. The molecule has 4 aromatic rings. The fourth-order valence-electron chi connectivity index (χ4n) is 3.09. The summed E-state index contributed by atoms with van der Waals surface area (Å²) in [6, 6.07) is 14.5. The van der Waals surface area contributed by atoms with E-state index >= 15 is 0 Å². The fraction of sp³-hybridized carbons (Fsp3) is 0.208. The maximum Gasteiger partial charge on any atom is 0.319 e. The highest BCUT2D eigenvalue weighted by Crippen LogP contribution is 2.24. The summed E-state index contributed by atoms with van der Waals surface area (Å²) in [6.07, 6.45) is 2.14. The lowest BCUT2D eigenvalue weighted by Crippen LogP contribution is -2.30. The van der Waals surface area contributed by atoms with Gasteiger partial charge in [0.05, 0.1) is 18.5 Å². The first-order chi connectivity index (χ1) is 15.5. The summed E-state index contributed by atoms with van der Waals surface area (Å²) in [5.41, 5.74) is 3.91. The quantitative estimate of drug-likeness (QED) is 0.427. The van der Waals surface area contributed by atoms with E-state index < -0.39 is 0 Å². The Morgan fingerprint density at radius 1 is 1.03 bits per heavy atom. The Balaban J connectivity index is 1.29. The van der Waals surface area contributed by atoms with Gasteiger partial charge in [-0.2, -0.15) is 0 Å². The molecule has 0 aliphatic carbocycles. The molecule has 0 saturated carbocycles. The van der Waals surface area contributed by atoms with E-state index in [0.717, 1.165) is 34.0 Å². The summed E-state index contributed by atoms with van der Waals surface area (Å²) in [6.45, 7) is 4.18. The Kier molecular flexibility index (Phi) is 6.21. The molecule has 0 saturated heterocycles. The van der Waals surface area contributed by atoms with E-state index in [0.29, 0.717) is 30.4 Å². The van der Waals surface area contributed by atoms with Gasteiger partial charge in [-0.3, -0.25) is 0 Å². The predicted molar refractivity (Wildman–Crippen MR) is 121 cm³/mol. The number of nitrogens with one attached hydrogen (secondary N) is 2. The molecule has 32 heavy (non-hydrogen) atoms. The van der Waals surface area contributed by atoms with Crippen LogP contribution in [0.4, 0.5) is 10.5 Å². The number of aromatic nitrogens is 2. The Bertz CT molecular complexity index is 1190. The lowest BCUT2D eigenvalue weighted by Gasteiger charge is -2.07. The first-order valence-corrected chi connectivity index (χ1v) is 10.2. The minimum absolute atomic E-state index is 0.305. The van der Waals surface area contributed by atoms with E-state index in [-0.39, 0.29) is 6.03 Å². The number of carbonyl (C=O) groups is 1. The van der Waals surface area contributed by atoms with E-state index in [4.69, 9.17) is 13.6 Å². The number of carbonyl (C=O) groups excluding carboxylic acids is 1. The van der Waals surface area contributed by atoms with Crippen LogP contribution >= 0.6 is 0 Å². The minimum Gasteiger partial charge on any atom is -0.497 e. The van der Waals surface area contributed by atoms with Crippen molar-refractivity contribution < 1.29 is 18.4 Å². The number of benzene rings is 2. The van der Waals surface area contributed by atoms with Crippen molar-refractivity contribution in [1.82, 2.24) is 15.3 Å². The molecule has 0 unspecified atom stereocenters. The van der Waals surface area contributed by atoms with Crippen LogP contribution in [-0.4, -0.2) is 29.7 Å². The van der Waals surface area contributed by atoms with Crippen LogP contribution in [0, 0.1) is 13.8 Å². The molecule has 0 bridgehead atoms. The van der Waals surface area contributed by atoms with Crippen molar-refractivity contribution in [3.63, 3.8) is 0 Å². The Hall–Kier alpha value is -4.07. The SMILES string of the molecule is COc1ccc(-c2nc(CCNC(=O)Nc3cccc(-c4nc(C)c(C)o4)c3)co2)cc1. The molecule has 0 radical (unpaired) electrons. The lowest BCUT2D eigenvalue weighted by atomic mass is 10.2. The highest BCUT2D eigenvalue weighted by molar-refractivity contribution is 5.89. The number of urea groups is 1. The fourth-order valence-corrected chi connectivity index (χ4v) is 3.09. The van der Waals surface area contributed by atoms with Crippen molar-refractivity contribution in [3.05, 3.63) is 71.9 Å².